The molecule has 0 spiro atoms. The van der Waals surface area contributed by atoms with Crippen molar-refractivity contribution in [2.24, 2.45) is 0 Å². The van der Waals surface area contributed by atoms with E-state index >= 15 is 0 Å². The van der Waals surface area contributed by atoms with Crippen LogP contribution in [0.2, 0.25) is 0 Å². The molecule has 0 unspecified atom stereocenters. The number of aromatic nitrogens is 3. The van der Waals surface area contributed by atoms with E-state index in [-0.39, 0.29) is 0 Å². The summed E-state index contributed by atoms with van der Waals surface area (Å²) < 4.78 is 4.94. The summed E-state index contributed by atoms with van der Waals surface area (Å²) in [6.45, 7) is 0. The van der Waals surface area contributed by atoms with E-state index in [0.29, 0.717) is 0 Å². The number of pyridine rings is 1. The Balaban J connectivity index is 1.25. The highest BCUT2D eigenvalue weighted by Crippen LogP contribution is 2.49. The molecule has 0 aliphatic carbocycles. The minimum Gasteiger partial charge on any atom is -0.308 e. The molecule has 0 atom stereocenters. The lowest BCUT2D eigenvalue weighted by molar-refractivity contribution is 1.27. The van der Waals surface area contributed by atoms with E-state index in [4.69, 9.17) is 4.98 Å². The molecule has 4 nitrogen and oxygen atoms in total. The van der Waals surface area contributed by atoms with Crippen molar-refractivity contribution in [1.29, 1.82) is 0 Å². The average molecular weight is 673 g/mol. The summed E-state index contributed by atoms with van der Waals surface area (Å²) in [7, 11) is 0. The van der Waals surface area contributed by atoms with Crippen molar-refractivity contribution in [1.82, 2.24) is 13.8 Å². The largest absolute Gasteiger partial charge is 0.308 e. The van der Waals surface area contributed by atoms with Gasteiger partial charge < -0.3 is 9.30 Å². The lowest BCUT2D eigenvalue weighted by Crippen LogP contribution is -2.10. The topological polar surface area (TPSA) is 25.0 Å². The molecule has 0 amide bonds. The molecule has 13 aromatic rings. The zero-order chi connectivity index (χ0) is 34.4. The third-order valence-electron chi connectivity index (χ3n) is 11.7. The van der Waals surface area contributed by atoms with E-state index in [9.17, 15) is 0 Å². The molecule has 5 heterocycles. The number of nitrogens with zero attached hydrogens (tertiary/aromatic N) is 4. The van der Waals surface area contributed by atoms with Crippen LogP contribution in [0.3, 0.4) is 0 Å². The molecule has 13 rings (SSSR count). The summed E-state index contributed by atoms with van der Waals surface area (Å²) >= 11 is 0. The van der Waals surface area contributed by atoms with Gasteiger partial charge in [-0.05, 0) is 76.1 Å². The van der Waals surface area contributed by atoms with Crippen molar-refractivity contribution in [2.75, 3.05) is 4.90 Å². The van der Waals surface area contributed by atoms with Crippen molar-refractivity contribution in [2.45, 2.75) is 0 Å². The quantitative estimate of drug-likeness (QED) is 0.187. The zero-order valence-electron chi connectivity index (χ0n) is 28.5. The molecule has 0 saturated heterocycles. The van der Waals surface area contributed by atoms with Crippen LogP contribution < -0.4 is 4.90 Å². The predicted octanol–water partition coefficient (Wildman–Crippen LogP) is 13.2. The number of hydrogen-bond acceptors (Lipinski definition) is 2. The van der Waals surface area contributed by atoms with Crippen LogP contribution in [0.15, 0.2) is 170 Å². The summed E-state index contributed by atoms with van der Waals surface area (Å²) in [5.41, 5.74) is 11.4. The Morgan fingerprint density at radius 1 is 0.377 bits per heavy atom. The highest BCUT2D eigenvalue weighted by molar-refractivity contribution is 6.33. The van der Waals surface area contributed by atoms with Crippen LogP contribution >= 0.6 is 0 Å². The summed E-state index contributed by atoms with van der Waals surface area (Å²) in [5.74, 6) is 0. The van der Waals surface area contributed by atoms with Gasteiger partial charge in [0.25, 0.3) is 0 Å². The maximum absolute atomic E-state index is 5.72. The Kier molecular flexibility index (Phi) is 5.08. The van der Waals surface area contributed by atoms with Crippen LogP contribution in [0.25, 0.3) is 98.0 Å². The number of rotatable bonds is 3. The lowest BCUT2D eigenvalue weighted by Gasteiger charge is -2.26. The maximum atomic E-state index is 5.72. The van der Waals surface area contributed by atoms with Gasteiger partial charge in [0.1, 0.15) is 5.65 Å². The van der Waals surface area contributed by atoms with Gasteiger partial charge in [-0.15, -0.1) is 0 Å². The molecule has 53 heavy (non-hydrogen) atoms. The maximum Gasteiger partial charge on any atom is 0.146 e. The van der Waals surface area contributed by atoms with E-state index in [1.165, 1.54) is 81.3 Å². The van der Waals surface area contributed by atoms with E-state index in [1.807, 2.05) is 0 Å². The Bertz CT molecular complexity index is 3580. The SMILES string of the molecule is c1ccc(N(c2ccccc2)c2cccc3c4c5ccccc5cc5c6nc7c(cc6n(c23)c54)c2cccc3c4cc5ccccc5cc4n7c32)cc1. The standard InChI is InChI=1S/C49H28N4/c1-3-16-32(17-4-1)51(33-18-5-2-6-19-33)41-24-12-23-37-44-34-20-10-9-15-31(34)26-40-45-43(52(47(37)41)48(40)44)28-39-36-22-11-21-35-38-25-29-13-7-8-14-30(29)27-42(38)53(46(35)36)49(39)50-45/h1-28H. The van der Waals surface area contributed by atoms with Gasteiger partial charge in [-0.25, -0.2) is 4.98 Å². The monoisotopic (exact) mass is 672 g/mol. The van der Waals surface area contributed by atoms with Crippen molar-refractivity contribution in [3.63, 3.8) is 0 Å². The number of hydrogen-bond donors (Lipinski definition) is 0. The van der Waals surface area contributed by atoms with Crippen LogP contribution in [-0.2, 0) is 0 Å². The van der Waals surface area contributed by atoms with Gasteiger partial charge in [0.2, 0.25) is 0 Å². The van der Waals surface area contributed by atoms with E-state index in [2.05, 4.69) is 184 Å². The lowest BCUT2D eigenvalue weighted by atomic mass is 10.0. The van der Waals surface area contributed by atoms with Crippen molar-refractivity contribution in [3.8, 4) is 0 Å². The van der Waals surface area contributed by atoms with Crippen molar-refractivity contribution in [3.05, 3.63) is 170 Å². The molecule has 8 aromatic carbocycles. The molecule has 0 saturated carbocycles. The highest BCUT2D eigenvalue weighted by Gasteiger charge is 2.27. The van der Waals surface area contributed by atoms with Crippen LogP contribution in [0.5, 0.6) is 0 Å². The van der Waals surface area contributed by atoms with E-state index in [1.54, 1.807) is 0 Å². The third kappa shape index (κ3) is 3.43. The summed E-state index contributed by atoms with van der Waals surface area (Å²) in [5, 5.41) is 13.6. The van der Waals surface area contributed by atoms with E-state index < -0.39 is 0 Å². The predicted molar refractivity (Wildman–Crippen MR) is 223 cm³/mol. The first-order valence-electron chi connectivity index (χ1n) is 18.2. The Morgan fingerprint density at radius 2 is 0.981 bits per heavy atom. The van der Waals surface area contributed by atoms with Gasteiger partial charge in [-0.3, -0.25) is 4.40 Å². The van der Waals surface area contributed by atoms with Crippen molar-refractivity contribution >= 4 is 115 Å². The molecule has 0 fully saturated rings. The number of fused-ring (bicyclic) bond motifs is 15. The number of para-hydroxylation sites is 4. The molecule has 0 aliphatic heterocycles. The highest BCUT2D eigenvalue weighted by atomic mass is 15.2. The smallest absolute Gasteiger partial charge is 0.146 e. The summed E-state index contributed by atoms with van der Waals surface area (Å²) in [6, 6.07) is 62.0. The van der Waals surface area contributed by atoms with Gasteiger partial charge in [-0.2, -0.15) is 0 Å². The molecule has 0 N–H and O–H groups in total. The fourth-order valence-corrected chi connectivity index (χ4v) is 9.52. The third-order valence-corrected chi connectivity index (χ3v) is 11.7. The Labute approximate surface area is 302 Å². The second kappa shape index (κ2) is 9.78. The first kappa shape index (κ1) is 27.5. The second-order valence-corrected chi connectivity index (χ2v) is 14.4. The Morgan fingerprint density at radius 3 is 1.75 bits per heavy atom. The van der Waals surface area contributed by atoms with Crippen LogP contribution in [-0.4, -0.2) is 13.8 Å². The van der Waals surface area contributed by atoms with Gasteiger partial charge in [0.05, 0.1) is 38.8 Å². The normalized spacial score (nSPS) is 12.5. The molecule has 0 radical (unpaired) electrons. The fourth-order valence-electron chi connectivity index (χ4n) is 9.52. The molecule has 244 valence electrons. The van der Waals surface area contributed by atoms with Gasteiger partial charge >= 0.3 is 0 Å². The molecule has 0 aliphatic rings. The first-order valence-corrected chi connectivity index (χ1v) is 18.2. The summed E-state index contributed by atoms with van der Waals surface area (Å²) in [6.07, 6.45) is 0. The average Bonchev–Trinajstić information content (AvgIpc) is 3.93. The molecule has 0 bridgehead atoms. The Hall–Kier alpha value is -7.17. The van der Waals surface area contributed by atoms with Gasteiger partial charge in [-0.1, -0.05) is 115 Å². The van der Waals surface area contributed by atoms with Crippen molar-refractivity contribution < 1.29 is 0 Å². The first-order chi connectivity index (χ1) is 26.3. The molecule has 4 heteroatoms. The van der Waals surface area contributed by atoms with Gasteiger partial charge in [0, 0.05) is 49.1 Å². The van der Waals surface area contributed by atoms with E-state index in [0.717, 1.165) is 33.7 Å². The number of benzene rings is 8. The number of anilines is 3. The molecule has 5 aromatic heterocycles. The summed E-state index contributed by atoms with van der Waals surface area (Å²) in [4.78, 5) is 8.12. The van der Waals surface area contributed by atoms with Crippen LogP contribution in [0.1, 0.15) is 0 Å². The second-order valence-electron chi connectivity index (χ2n) is 14.4. The molecular formula is C49H28N4. The zero-order valence-corrected chi connectivity index (χ0v) is 28.5. The fraction of sp³-hybridized carbons (Fsp3) is 0. The van der Waals surface area contributed by atoms with Crippen LogP contribution in [0.4, 0.5) is 17.1 Å². The minimum absolute atomic E-state index is 1.01. The van der Waals surface area contributed by atoms with Gasteiger partial charge in [0.15, 0.2) is 0 Å². The van der Waals surface area contributed by atoms with Crippen LogP contribution in [0, 0.1) is 0 Å². The molecular weight excluding hydrogens is 645 g/mol. The minimum atomic E-state index is 1.01.